The summed E-state index contributed by atoms with van der Waals surface area (Å²) in [6.45, 7) is 0.795. The third-order valence-corrected chi connectivity index (χ3v) is 4.11. The molecule has 0 amide bonds. The van der Waals surface area contributed by atoms with E-state index in [-0.39, 0.29) is 0 Å². The summed E-state index contributed by atoms with van der Waals surface area (Å²) >= 11 is 2.02. The predicted octanol–water partition coefficient (Wildman–Crippen LogP) is 2.76. The van der Waals surface area contributed by atoms with Crippen LogP contribution in [-0.2, 0) is 6.42 Å². The second-order valence-corrected chi connectivity index (χ2v) is 5.05. The van der Waals surface area contributed by atoms with Gasteiger partial charge in [-0.2, -0.15) is 11.8 Å². The SMILES string of the molecule is NCCSC1CCCc2ccccc21. The Labute approximate surface area is 90.1 Å². The van der Waals surface area contributed by atoms with E-state index < -0.39 is 0 Å². The van der Waals surface area contributed by atoms with Gasteiger partial charge in [-0.3, -0.25) is 0 Å². The molecule has 2 heteroatoms. The largest absolute Gasteiger partial charge is 0.330 e. The van der Waals surface area contributed by atoms with E-state index in [1.807, 2.05) is 11.8 Å². The normalized spacial score (nSPS) is 20.5. The molecule has 0 spiro atoms. The van der Waals surface area contributed by atoms with E-state index in [0.29, 0.717) is 5.25 Å². The van der Waals surface area contributed by atoms with Gasteiger partial charge >= 0.3 is 0 Å². The third kappa shape index (κ3) is 2.12. The summed E-state index contributed by atoms with van der Waals surface area (Å²) < 4.78 is 0. The zero-order valence-corrected chi connectivity index (χ0v) is 9.22. The number of nitrogens with two attached hydrogens (primary N) is 1. The van der Waals surface area contributed by atoms with Gasteiger partial charge in [0.05, 0.1) is 0 Å². The minimum absolute atomic E-state index is 0.698. The van der Waals surface area contributed by atoms with E-state index in [2.05, 4.69) is 24.3 Å². The van der Waals surface area contributed by atoms with E-state index in [1.165, 1.54) is 19.3 Å². The minimum Gasteiger partial charge on any atom is -0.330 e. The Kier molecular flexibility index (Phi) is 3.49. The number of benzene rings is 1. The topological polar surface area (TPSA) is 26.0 Å². The van der Waals surface area contributed by atoms with Gasteiger partial charge in [0, 0.05) is 17.5 Å². The molecule has 0 saturated heterocycles. The second-order valence-electron chi connectivity index (χ2n) is 3.74. The Balaban J connectivity index is 2.14. The highest BCUT2D eigenvalue weighted by molar-refractivity contribution is 7.99. The molecule has 2 N–H and O–H groups in total. The molecular formula is C12H17NS. The number of rotatable bonds is 3. The molecular weight excluding hydrogens is 190 g/mol. The van der Waals surface area contributed by atoms with Crippen molar-refractivity contribution in [3.63, 3.8) is 0 Å². The molecule has 14 heavy (non-hydrogen) atoms. The zero-order chi connectivity index (χ0) is 9.80. The maximum Gasteiger partial charge on any atom is 0.0300 e. The molecule has 76 valence electrons. The number of thioether (sulfide) groups is 1. The maximum absolute atomic E-state index is 5.54. The molecule has 1 aliphatic rings. The van der Waals surface area contributed by atoms with Crippen LogP contribution in [0.5, 0.6) is 0 Å². The molecule has 0 saturated carbocycles. The van der Waals surface area contributed by atoms with E-state index >= 15 is 0 Å². The monoisotopic (exact) mass is 207 g/mol. The Bertz CT molecular complexity index is 298. The molecule has 0 radical (unpaired) electrons. The number of fused-ring (bicyclic) bond motifs is 1. The van der Waals surface area contributed by atoms with Crippen molar-refractivity contribution in [3.8, 4) is 0 Å². The van der Waals surface area contributed by atoms with Crippen LogP contribution in [0.4, 0.5) is 0 Å². The Hall–Kier alpha value is -0.470. The molecule has 0 heterocycles. The lowest BCUT2D eigenvalue weighted by Crippen LogP contribution is -2.09. The first-order chi connectivity index (χ1) is 6.92. The molecule has 1 aromatic carbocycles. The van der Waals surface area contributed by atoms with E-state index in [1.54, 1.807) is 11.1 Å². The number of hydrogen-bond acceptors (Lipinski definition) is 2. The Morgan fingerprint density at radius 2 is 2.21 bits per heavy atom. The summed E-state index contributed by atoms with van der Waals surface area (Å²) in [7, 11) is 0. The first-order valence-electron chi connectivity index (χ1n) is 5.31. The lowest BCUT2D eigenvalue weighted by Gasteiger charge is -2.24. The summed E-state index contributed by atoms with van der Waals surface area (Å²) in [6.07, 6.45) is 3.91. The van der Waals surface area contributed by atoms with Gasteiger partial charge in [-0.05, 0) is 30.4 Å². The zero-order valence-electron chi connectivity index (χ0n) is 8.41. The van der Waals surface area contributed by atoms with Crippen LogP contribution in [-0.4, -0.2) is 12.3 Å². The van der Waals surface area contributed by atoms with Gasteiger partial charge in [0.15, 0.2) is 0 Å². The lowest BCUT2D eigenvalue weighted by atomic mass is 9.91. The van der Waals surface area contributed by atoms with Crippen molar-refractivity contribution < 1.29 is 0 Å². The van der Waals surface area contributed by atoms with Gasteiger partial charge in [-0.1, -0.05) is 24.3 Å². The number of aryl methyl sites for hydroxylation is 1. The molecule has 1 aromatic rings. The van der Waals surface area contributed by atoms with Crippen LogP contribution >= 0.6 is 11.8 Å². The van der Waals surface area contributed by atoms with Crippen LogP contribution in [0.15, 0.2) is 24.3 Å². The fourth-order valence-corrected chi connectivity index (χ4v) is 3.26. The van der Waals surface area contributed by atoms with Crippen molar-refractivity contribution in [2.75, 3.05) is 12.3 Å². The van der Waals surface area contributed by atoms with E-state index in [9.17, 15) is 0 Å². The molecule has 1 unspecified atom stereocenters. The van der Waals surface area contributed by atoms with Gasteiger partial charge in [0.1, 0.15) is 0 Å². The average Bonchev–Trinajstić information content (AvgIpc) is 2.26. The van der Waals surface area contributed by atoms with E-state index in [4.69, 9.17) is 5.73 Å². The first kappa shape index (κ1) is 10.1. The smallest absolute Gasteiger partial charge is 0.0300 e. The summed E-state index contributed by atoms with van der Waals surface area (Å²) in [5, 5.41) is 0.698. The highest BCUT2D eigenvalue weighted by Gasteiger charge is 2.19. The predicted molar refractivity (Wildman–Crippen MR) is 63.6 cm³/mol. The molecule has 1 atom stereocenters. The first-order valence-corrected chi connectivity index (χ1v) is 6.36. The van der Waals surface area contributed by atoms with Crippen molar-refractivity contribution in [3.05, 3.63) is 35.4 Å². The quantitative estimate of drug-likeness (QED) is 0.824. The third-order valence-electron chi connectivity index (χ3n) is 2.75. The maximum atomic E-state index is 5.54. The summed E-state index contributed by atoms with van der Waals surface area (Å²) in [5.41, 5.74) is 8.65. The molecule has 0 aromatic heterocycles. The van der Waals surface area contributed by atoms with Crippen molar-refractivity contribution in [1.29, 1.82) is 0 Å². The fraction of sp³-hybridized carbons (Fsp3) is 0.500. The van der Waals surface area contributed by atoms with Crippen LogP contribution in [0.1, 0.15) is 29.2 Å². The summed E-state index contributed by atoms with van der Waals surface area (Å²) in [4.78, 5) is 0. The molecule has 1 nitrogen and oxygen atoms in total. The minimum atomic E-state index is 0.698. The van der Waals surface area contributed by atoms with E-state index in [0.717, 1.165) is 12.3 Å². The van der Waals surface area contributed by atoms with Gasteiger partial charge in [-0.15, -0.1) is 0 Å². The highest BCUT2D eigenvalue weighted by atomic mass is 32.2. The van der Waals surface area contributed by atoms with Gasteiger partial charge in [0.25, 0.3) is 0 Å². The van der Waals surface area contributed by atoms with Crippen LogP contribution < -0.4 is 5.73 Å². The second kappa shape index (κ2) is 4.85. The van der Waals surface area contributed by atoms with Crippen LogP contribution in [0.2, 0.25) is 0 Å². The van der Waals surface area contributed by atoms with Gasteiger partial charge < -0.3 is 5.73 Å². The van der Waals surface area contributed by atoms with Crippen LogP contribution in [0.3, 0.4) is 0 Å². The van der Waals surface area contributed by atoms with Crippen molar-refractivity contribution in [1.82, 2.24) is 0 Å². The van der Waals surface area contributed by atoms with Gasteiger partial charge in [-0.25, -0.2) is 0 Å². The lowest BCUT2D eigenvalue weighted by molar-refractivity contribution is 0.673. The molecule has 0 bridgehead atoms. The molecule has 2 rings (SSSR count). The molecule has 1 aliphatic carbocycles. The Morgan fingerprint density at radius 1 is 1.36 bits per heavy atom. The fourth-order valence-electron chi connectivity index (χ4n) is 2.09. The highest BCUT2D eigenvalue weighted by Crippen LogP contribution is 2.39. The van der Waals surface area contributed by atoms with Crippen LogP contribution in [0.25, 0.3) is 0 Å². The van der Waals surface area contributed by atoms with Gasteiger partial charge in [0.2, 0.25) is 0 Å². The Morgan fingerprint density at radius 3 is 3.07 bits per heavy atom. The summed E-state index contributed by atoms with van der Waals surface area (Å²) in [6, 6.07) is 8.85. The van der Waals surface area contributed by atoms with Crippen molar-refractivity contribution in [2.45, 2.75) is 24.5 Å². The van der Waals surface area contributed by atoms with Crippen molar-refractivity contribution >= 4 is 11.8 Å². The standard InChI is InChI=1S/C12H17NS/c13-8-9-14-12-7-3-5-10-4-1-2-6-11(10)12/h1-2,4,6,12H,3,5,7-9,13H2. The van der Waals surface area contributed by atoms with Crippen molar-refractivity contribution in [2.24, 2.45) is 5.73 Å². The molecule has 0 fully saturated rings. The average molecular weight is 207 g/mol. The number of hydrogen-bond donors (Lipinski definition) is 1. The van der Waals surface area contributed by atoms with Crippen LogP contribution in [0, 0.1) is 0 Å². The summed E-state index contributed by atoms with van der Waals surface area (Å²) in [5.74, 6) is 1.08. The molecule has 0 aliphatic heterocycles.